The summed E-state index contributed by atoms with van der Waals surface area (Å²) in [5, 5.41) is 0.848. The van der Waals surface area contributed by atoms with Crippen LogP contribution in [0, 0.1) is 5.82 Å². The van der Waals surface area contributed by atoms with Crippen LogP contribution in [0.2, 0.25) is 0 Å². The van der Waals surface area contributed by atoms with Crippen LogP contribution in [-0.4, -0.2) is 41.1 Å². The molecule has 1 aromatic carbocycles. The van der Waals surface area contributed by atoms with Crippen LogP contribution in [0.25, 0.3) is 23.1 Å². The summed E-state index contributed by atoms with van der Waals surface area (Å²) in [4.78, 5) is 27.1. The van der Waals surface area contributed by atoms with E-state index in [9.17, 15) is 4.39 Å². The van der Waals surface area contributed by atoms with E-state index < -0.39 is 0 Å². The Morgan fingerprint density at radius 3 is 3.00 bits per heavy atom. The maximum absolute atomic E-state index is 13.9. The third-order valence-electron chi connectivity index (χ3n) is 4.62. The second-order valence-electron chi connectivity index (χ2n) is 6.26. The second kappa shape index (κ2) is 5.97. The van der Waals surface area contributed by atoms with Crippen LogP contribution in [-0.2, 0) is 0 Å². The Hall–Kier alpha value is -3.62. The molecule has 0 aliphatic carbocycles. The second-order valence-corrected chi connectivity index (χ2v) is 6.26. The monoisotopic (exact) mass is 362 g/mol. The number of nitrogens with zero attached hydrogens (tertiary/aromatic N) is 7. The number of hydrogen-bond acceptors (Lipinski definition) is 6. The lowest BCUT2D eigenvalue weighted by Gasteiger charge is -2.26. The molecule has 4 heterocycles. The molecule has 27 heavy (non-hydrogen) atoms. The van der Waals surface area contributed by atoms with E-state index in [0.717, 1.165) is 11.2 Å². The molecule has 0 saturated heterocycles. The molecule has 3 aromatic heterocycles. The van der Waals surface area contributed by atoms with E-state index in [1.807, 2.05) is 22.6 Å². The number of benzene rings is 1. The summed E-state index contributed by atoms with van der Waals surface area (Å²) in [6.45, 7) is 2.48. The van der Waals surface area contributed by atoms with Crippen LogP contribution in [0.5, 0.6) is 0 Å². The molecular formula is C18H15FN8. The van der Waals surface area contributed by atoms with Gasteiger partial charge >= 0.3 is 0 Å². The van der Waals surface area contributed by atoms with Crippen molar-refractivity contribution in [1.29, 1.82) is 0 Å². The highest BCUT2D eigenvalue weighted by molar-refractivity contribution is 5.78. The first-order valence-electron chi connectivity index (χ1n) is 8.46. The van der Waals surface area contributed by atoms with Gasteiger partial charge in [0.1, 0.15) is 23.7 Å². The molecule has 1 atom stereocenters. The number of imidazole rings is 2. The topological polar surface area (TPSA) is 87.9 Å². The van der Waals surface area contributed by atoms with Gasteiger partial charge in [0.15, 0.2) is 11.3 Å². The highest BCUT2D eigenvalue weighted by Gasteiger charge is 2.23. The van der Waals surface area contributed by atoms with Crippen molar-refractivity contribution < 1.29 is 4.39 Å². The Bertz CT molecular complexity index is 1240. The van der Waals surface area contributed by atoms with Crippen molar-refractivity contribution >= 4 is 17.2 Å². The molecule has 0 spiro atoms. The fourth-order valence-electron chi connectivity index (χ4n) is 3.25. The summed E-state index contributed by atoms with van der Waals surface area (Å²) in [6, 6.07) is 4.40. The van der Waals surface area contributed by atoms with Crippen molar-refractivity contribution in [2.24, 2.45) is 4.99 Å². The molecule has 0 radical (unpaired) electrons. The van der Waals surface area contributed by atoms with Crippen LogP contribution in [0.4, 0.5) is 4.39 Å². The van der Waals surface area contributed by atoms with Crippen molar-refractivity contribution in [2.75, 3.05) is 6.67 Å². The van der Waals surface area contributed by atoms with Gasteiger partial charge in [-0.25, -0.2) is 24.3 Å². The SMILES string of the molecule is CC(c1nc2ccc(F)cc2n1-c1cnccn1)N1C=c2[nH]cnc2=NC1. The van der Waals surface area contributed by atoms with E-state index in [4.69, 9.17) is 4.98 Å². The lowest BCUT2D eigenvalue weighted by molar-refractivity contribution is 0.316. The van der Waals surface area contributed by atoms with Gasteiger partial charge in [-0.3, -0.25) is 9.55 Å². The van der Waals surface area contributed by atoms with Gasteiger partial charge in [-0.1, -0.05) is 0 Å². The van der Waals surface area contributed by atoms with Gasteiger partial charge in [-0.2, -0.15) is 0 Å². The van der Waals surface area contributed by atoms with E-state index in [2.05, 4.69) is 24.9 Å². The molecule has 0 fully saturated rings. The Labute approximate surface area is 152 Å². The molecule has 1 unspecified atom stereocenters. The average molecular weight is 362 g/mol. The Balaban J connectivity index is 1.68. The molecule has 1 aliphatic rings. The van der Waals surface area contributed by atoms with Crippen molar-refractivity contribution in [3.05, 3.63) is 65.6 Å². The van der Waals surface area contributed by atoms with Crippen LogP contribution in [0.15, 0.2) is 48.1 Å². The quantitative estimate of drug-likeness (QED) is 0.589. The maximum Gasteiger partial charge on any atom is 0.176 e. The zero-order chi connectivity index (χ0) is 18.4. The molecule has 0 saturated carbocycles. The normalized spacial score (nSPS) is 14.5. The number of fused-ring (bicyclic) bond motifs is 2. The Morgan fingerprint density at radius 2 is 2.15 bits per heavy atom. The van der Waals surface area contributed by atoms with Crippen molar-refractivity contribution in [3.8, 4) is 5.82 Å². The average Bonchev–Trinajstić information content (AvgIpc) is 3.31. The van der Waals surface area contributed by atoms with E-state index in [1.54, 1.807) is 31.0 Å². The number of aromatic nitrogens is 6. The fourth-order valence-corrected chi connectivity index (χ4v) is 3.25. The first-order valence-corrected chi connectivity index (χ1v) is 8.46. The van der Waals surface area contributed by atoms with E-state index in [1.165, 1.54) is 12.1 Å². The predicted octanol–water partition coefficient (Wildman–Crippen LogP) is 1.07. The number of rotatable bonds is 3. The first-order chi connectivity index (χ1) is 13.2. The Morgan fingerprint density at radius 1 is 1.22 bits per heavy atom. The minimum absolute atomic E-state index is 0.136. The highest BCUT2D eigenvalue weighted by Crippen LogP contribution is 2.28. The Kier molecular flexibility index (Phi) is 3.46. The van der Waals surface area contributed by atoms with Gasteiger partial charge in [-0.15, -0.1) is 0 Å². The highest BCUT2D eigenvalue weighted by atomic mass is 19.1. The molecule has 1 N–H and O–H groups in total. The molecule has 0 amide bonds. The summed E-state index contributed by atoms with van der Waals surface area (Å²) in [7, 11) is 0. The van der Waals surface area contributed by atoms with Gasteiger partial charge in [0.05, 0.1) is 29.6 Å². The summed E-state index contributed by atoms with van der Waals surface area (Å²) >= 11 is 0. The van der Waals surface area contributed by atoms with Crippen molar-refractivity contribution in [2.45, 2.75) is 13.0 Å². The van der Waals surface area contributed by atoms with Crippen LogP contribution in [0.3, 0.4) is 0 Å². The van der Waals surface area contributed by atoms with Crippen LogP contribution in [0.1, 0.15) is 18.8 Å². The van der Waals surface area contributed by atoms with E-state index in [-0.39, 0.29) is 11.9 Å². The molecule has 1 aliphatic heterocycles. The van der Waals surface area contributed by atoms with Gasteiger partial charge in [0, 0.05) is 24.7 Å². The summed E-state index contributed by atoms with van der Waals surface area (Å²) in [5.41, 5.74) is 2.04. The summed E-state index contributed by atoms with van der Waals surface area (Å²) < 4.78 is 15.7. The molecule has 134 valence electrons. The predicted molar refractivity (Wildman–Crippen MR) is 95.6 cm³/mol. The number of H-pyrrole nitrogens is 1. The fraction of sp³-hybridized carbons (Fsp3) is 0.167. The lowest BCUT2D eigenvalue weighted by Crippen LogP contribution is -2.37. The van der Waals surface area contributed by atoms with Crippen molar-refractivity contribution in [1.82, 2.24) is 34.4 Å². The minimum atomic E-state index is -0.326. The molecule has 8 nitrogen and oxygen atoms in total. The first kappa shape index (κ1) is 15.6. The zero-order valence-corrected chi connectivity index (χ0v) is 14.4. The number of aromatic amines is 1. The standard InChI is InChI=1S/C18H15FN8/c1-11(26-8-14-17(24-10-26)23-9-22-14)18-25-13-3-2-12(19)6-15(13)27(18)16-7-20-4-5-21-16/h2-9,11H,10H2,1H3,(H,22,23,24). The largest absolute Gasteiger partial charge is 0.346 e. The summed E-state index contributed by atoms with van der Waals surface area (Å²) in [6.07, 6.45) is 8.44. The van der Waals surface area contributed by atoms with E-state index >= 15 is 0 Å². The van der Waals surface area contributed by atoms with Crippen LogP contribution < -0.4 is 10.8 Å². The molecule has 0 bridgehead atoms. The van der Waals surface area contributed by atoms with E-state index in [0.29, 0.717) is 29.0 Å². The third kappa shape index (κ3) is 2.55. The van der Waals surface area contributed by atoms with Gasteiger partial charge in [0.2, 0.25) is 0 Å². The van der Waals surface area contributed by atoms with Gasteiger partial charge < -0.3 is 9.88 Å². The minimum Gasteiger partial charge on any atom is -0.346 e. The number of halogens is 1. The number of hydrogen-bond donors (Lipinski definition) is 1. The molecular weight excluding hydrogens is 347 g/mol. The lowest BCUT2D eigenvalue weighted by atomic mass is 10.2. The molecule has 9 heteroatoms. The zero-order valence-electron chi connectivity index (χ0n) is 14.4. The van der Waals surface area contributed by atoms with Crippen molar-refractivity contribution in [3.63, 3.8) is 0 Å². The van der Waals surface area contributed by atoms with Gasteiger partial charge in [0.25, 0.3) is 0 Å². The maximum atomic E-state index is 13.9. The molecule has 4 aromatic rings. The molecule has 5 rings (SSSR count). The van der Waals surface area contributed by atoms with Crippen LogP contribution >= 0.6 is 0 Å². The summed E-state index contributed by atoms with van der Waals surface area (Å²) in [5.74, 6) is 0.988. The van der Waals surface area contributed by atoms with Gasteiger partial charge in [-0.05, 0) is 19.1 Å². The number of nitrogens with one attached hydrogen (secondary N) is 1. The smallest absolute Gasteiger partial charge is 0.176 e. The third-order valence-corrected chi connectivity index (χ3v) is 4.62.